The summed E-state index contributed by atoms with van der Waals surface area (Å²) in [6.45, 7) is 1.69. The Kier molecular flexibility index (Phi) is 4.36. The fraction of sp³-hybridized carbons (Fsp3) is 0.500. The van der Waals surface area contributed by atoms with E-state index in [0.29, 0.717) is 0 Å². The van der Waals surface area contributed by atoms with Crippen LogP contribution in [0.2, 0.25) is 0 Å². The number of carboxylic acids is 1. The average Bonchev–Trinajstić information content (AvgIpc) is 2.37. The SMILES string of the molecule is COC1(CNS(=O)(=O)c2cccc(C(=O)O)c2C)CCC1. The van der Waals surface area contributed by atoms with E-state index in [1.165, 1.54) is 25.1 Å². The van der Waals surface area contributed by atoms with Crippen molar-refractivity contribution in [2.45, 2.75) is 36.7 Å². The second kappa shape index (κ2) is 5.75. The summed E-state index contributed by atoms with van der Waals surface area (Å²) in [6, 6.07) is 4.23. The topological polar surface area (TPSA) is 92.7 Å². The molecule has 1 aliphatic rings. The van der Waals surface area contributed by atoms with Crippen molar-refractivity contribution in [3.8, 4) is 0 Å². The molecule has 0 atom stereocenters. The van der Waals surface area contributed by atoms with Gasteiger partial charge >= 0.3 is 5.97 Å². The number of benzene rings is 1. The number of carbonyl (C=O) groups is 1. The maximum atomic E-state index is 12.4. The molecule has 21 heavy (non-hydrogen) atoms. The minimum Gasteiger partial charge on any atom is -0.478 e. The van der Waals surface area contributed by atoms with Crippen molar-refractivity contribution in [1.29, 1.82) is 0 Å². The van der Waals surface area contributed by atoms with Crippen molar-refractivity contribution in [3.63, 3.8) is 0 Å². The van der Waals surface area contributed by atoms with Crippen LogP contribution in [0.5, 0.6) is 0 Å². The number of carboxylic acid groups (broad SMARTS) is 1. The molecule has 0 heterocycles. The maximum Gasteiger partial charge on any atom is 0.335 e. The van der Waals surface area contributed by atoms with Crippen molar-refractivity contribution in [2.75, 3.05) is 13.7 Å². The number of nitrogens with one attached hydrogen (secondary N) is 1. The van der Waals surface area contributed by atoms with Gasteiger partial charge in [-0.05, 0) is 43.9 Å². The van der Waals surface area contributed by atoms with Crippen molar-refractivity contribution >= 4 is 16.0 Å². The third-order valence-corrected chi connectivity index (χ3v) is 5.63. The van der Waals surface area contributed by atoms with Gasteiger partial charge in [0.05, 0.1) is 16.1 Å². The molecule has 0 spiro atoms. The molecule has 0 saturated heterocycles. The van der Waals surface area contributed by atoms with Gasteiger partial charge in [0, 0.05) is 13.7 Å². The predicted octanol–water partition coefficient (Wildman–Crippen LogP) is 1.54. The molecule has 0 unspecified atom stereocenters. The van der Waals surface area contributed by atoms with Gasteiger partial charge in [-0.2, -0.15) is 0 Å². The molecule has 0 amide bonds. The summed E-state index contributed by atoms with van der Waals surface area (Å²) in [5, 5.41) is 9.06. The molecule has 1 aromatic rings. The van der Waals surface area contributed by atoms with Crippen molar-refractivity contribution in [3.05, 3.63) is 29.3 Å². The number of hydrogen-bond acceptors (Lipinski definition) is 4. The van der Waals surface area contributed by atoms with Gasteiger partial charge in [-0.25, -0.2) is 17.9 Å². The summed E-state index contributed by atoms with van der Waals surface area (Å²) in [5.74, 6) is -1.14. The van der Waals surface area contributed by atoms with Crippen LogP contribution in [0.4, 0.5) is 0 Å². The van der Waals surface area contributed by atoms with Gasteiger partial charge in [0.15, 0.2) is 0 Å². The molecule has 6 nitrogen and oxygen atoms in total. The minimum absolute atomic E-state index is 0.00650. The van der Waals surface area contributed by atoms with E-state index < -0.39 is 21.6 Å². The van der Waals surface area contributed by atoms with Crippen LogP contribution < -0.4 is 4.72 Å². The third-order valence-electron chi connectivity index (χ3n) is 4.09. The van der Waals surface area contributed by atoms with Crippen LogP contribution in [0.3, 0.4) is 0 Å². The predicted molar refractivity (Wildman–Crippen MR) is 76.9 cm³/mol. The van der Waals surface area contributed by atoms with Gasteiger partial charge in [0.1, 0.15) is 0 Å². The first-order valence-corrected chi connectivity index (χ1v) is 8.17. The monoisotopic (exact) mass is 313 g/mol. The molecule has 1 fully saturated rings. The van der Waals surface area contributed by atoms with Crippen LogP contribution in [0.25, 0.3) is 0 Å². The molecule has 2 rings (SSSR count). The van der Waals surface area contributed by atoms with E-state index in [0.717, 1.165) is 19.3 Å². The van der Waals surface area contributed by atoms with E-state index in [9.17, 15) is 13.2 Å². The highest BCUT2D eigenvalue weighted by atomic mass is 32.2. The molecule has 1 saturated carbocycles. The van der Waals surface area contributed by atoms with Crippen molar-refractivity contribution < 1.29 is 23.1 Å². The molecule has 1 aromatic carbocycles. The Morgan fingerprint density at radius 3 is 2.57 bits per heavy atom. The number of sulfonamides is 1. The molecule has 2 N–H and O–H groups in total. The molecule has 0 aromatic heterocycles. The van der Waals surface area contributed by atoms with Crippen LogP contribution in [-0.2, 0) is 14.8 Å². The standard InChI is InChI=1S/C14H19NO5S/c1-10-11(13(16)17)5-3-6-12(10)21(18,19)15-9-14(20-2)7-4-8-14/h3,5-6,15H,4,7-9H2,1-2H3,(H,16,17). The zero-order chi connectivity index (χ0) is 15.7. The second-order valence-electron chi connectivity index (χ2n) is 5.30. The van der Waals surface area contributed by atoms with E-state index in [-0.39, 0.29) is 22.6 Å². The lowest BCUT2D eigenvalue weighted by molar-refractivity contribution is -0.0659. The van der Waals surface area contributed by atoms with Crippen LogP contribution in [-0.4, -0.2) is 38.7 Å². The molecule has 116 valence electrons. The molecular formula is C14H19NO5S. The van der Waals surface area contributed by atoms with Crippen LogP contribution >= 0.6 is 0 Å². The first kappa shape index (κ1) is 15.9. The Bertz CT molecular complexity index is 644. The fourth-order valence-electron chi connectivity index (χ4n) is 2.47. The zero-order valence-corrected chi connectivity index (χ0v) is 12.9. The Hall–Kier alpha value is -1.44. The van der Waals surface area contributed by atoms with E-state index >= 15 is 0 Å². The summed E-state index contributed by atoms with van der Waals surface area (Å²) in [7, 11) is -2.19. The van der Waals surface area contributed by atoms with Crippen LogP contribution in [0.15, 0.2) is 23.1 Å². The van der Waals surface area contributed by atoms with E-state index in [4.69, 9.17) is 9.84 Å². The van der Waals surface area contributed by atoms with Crippen LogP contribution in [0.1, 0.15) is 35.2 Å². The van der Waals surface area contributed by atoms with E-state index in [1.54, 1.807) is 7.11 Å². The third kappa shape index (κ3) is 3.09. The molecule has 1 aliphatic carbocycles. The van der Waals surface area contributed by atoms with Crippen molar-refractivity contribution in [1.82, 2.24) is 4.72 Å². The highest BCUT2D eigenvalue weighted by Crippen LogP contribution is 2.34. The van der Waals surface area contributed by atoms with Gasteiger partial charge in [-0.1, -0.05) is 6.07 Å². The second-order valence-corrected chi connectivity index (χ2v) is 7.03. The lowest BCUT2D eigenvalue weighted by Crippen LogP contribution is -2.49. The molecule has 0 radical (unpaired) electrons. The number of rotatable bonds is 6. The van der Waals surface area contributed by atoms with Crippen molar-refractivity contribution in [2.24, 2.45) is 0 Å². The van der Waals surface area contributed by atoms with Gasteiger partial charge in [-0.15, -0.1) is 0 Å². The van der Waals surface area contributed by atoms with Gasteiger partial charge in [-0.3, -0.25) is 0 Å². The summed E-state index contributed by atoms with van der Waals surface area (Å²) in [4.78, 5) is 11.1. The normalized spacial score (nSPS) is 17.2. The summed E-state index contributed by atoms with van der Waals surface area (Å²) in [6.07, 6.45) is 2.66. The highest BCUT2D eigenvalue weighted by Gasteiger charge is 2.38. The lowest BCUT2D eigenvalue weighted by atomic mass is 9.80. The van der Waals surface area contributed by atoms with E-state index in [2.05, 4.69) is 4.72 Å². The molecule has 0 aliphatic heterocycles. The molecule has 7 heteroatoms. The largest absolute Gasteiger partial charge is 0.478 e. The van der Waals surface area contributed by atoms with E-state index in [1.807, 2.05) is 0 Å². The summed E-state index contributed by atoms with van der Waals surface area (Å²) in [5.41, 5.74) is -0.202. The number of aromatic carboxylic acids is 1. The minimum atomic E-state index is -3.76. The Balaban J connectivity index is 2.24. The molecule has 0 bridgehead atoms. The zero-order valence-electron chi connectivity index (χ0n) is 12.0. The first-order valence-electron chi connectivity index (χ1n) is 6.69. The number of hydrogen-bond donors (Lipinski definition) is 2. The fourth-order valence-corrected chi connectivity index (χ4v) is 3.85. The van der Waals surface area contributed by atoms with Gasteiger partial charge in [0.25, 0.3) is 0 Å². The van der Waals surface area contributed by atoms with Gasteiger partial charge < -0.3 is 9.84 Å². The van der Waals surface area contributed by atoms with Gasteiger partial charge in [0.2, 0.25) is 10.0 Å². The Morgan fingerprint density at radius 2 is 2.10 bits per heavy atom. The average molecular weight is 313 g/mol. The maximum absolute atomic E-state index is 12.4. The Morgan fingerprint density at radius 1 is 1.43 bits per heavy atom. The number of methoxy groups -OCH3 is 1. The highest BCUT2D eigenvalue weighted by molar-refractivity contribution is 7.89. The summed E-state index contributed by atoms with van der Waals surface area (Å²) >= 11 is 0. The van der Waals surface area contributed by atoms with Crippen LogP contribution in [0, 0.1) is 6.92 Å². The smallest absolute Gasteiger partial charge is 0.335 e. The quantitative estimate of drug-likeness (QED) is 0.831. The molecular weight excluding hydrogens is 294 g/mol. The number of ether oxygens (including phenoxy) is 1. The lowest BCUT2D eigenvalue weighted by Gasteiger charge is -2.40. The first-order chi connectivity index (χ1) is 9.81. The summed E-state index contributed by atoms with van der Waals surface area (Å²) < 4.78 is 32.6. The Labute approximate surface area is 124 Å².